The van der Waals surface area contributed by atoms with Gasteiger partial charge < -0.3 is 29.7 Å². The first-order valence-electron chi connectivity index (χ1n) is 8.28. The standard InChI is InChI=1S/C18H27N5O3/c1-12-9-16(22-18(20-12)19-7-8-23(2)3)21-13-10-14(24-4)17(26-6)15(11-13)25-5/h9-11H,7-8H2,1-6H3,(H2,19,20,21,22). The van der Waals surface area contributed by atoms with Crippen LogP contribution in [0.3, 0.4) is 0 Å². The molecule has 2 rings (SSSR count). The average Bonchev–Trinajstić information content (AvgIpc) is 2.60. The molecule has 0 aliphatic carbocycles. The number of likely N-dealkylation sites (N-methyl/N-ethyl adjacent to an activating group) is 1. The monoisotopic (exact) mass is 361 g/mol. The molecule has 1 aromatic heterocycles. The quantitative estimate of drug-likeness (QED) is 0.705. The van der Waals surface area contributed by atoms with Gasteiger partial charge in [-0.25, -0.2) is 4.98 Å². The third-order valence-corrected chi connectivity index (χ3v) is 3.63. The van der Waals surface area contributed by atoms with Crippen molar-refractivity contribution in [2.45, 2.75) is 6.92 Å². The number of benzene rings is 1. The highest BCUT2D eigenvalue weighted by molar-refractivity contribution is 5.67. The molecule has 8 heteroatoms. The van der Waals surface area contributed by atoms with E-state index in [4.69, 9.17) is 14.2 Å². The summed E-state index contributed by atoms with van der Waals surface area (Å²) in [4.78, 5) is 11.0. The van der Waals surface area contributed by atoms with E-state index >= 15 is 0 Å². The third kappa shape index (κ3) is 5.13. The molecule has 2 aromatic rings. The molecule has 142 valence electrons. The summed E-state index contributed by atoms with van der Waals surface area (Å²) in [5.41, 5.74) is 1.64. The fourth-order valence-electron chi connectivity index (χ4n) is 2.40. The Kier molecular flexibility index (Phi) is 6.85. The predicted octanol–water partition coefficient (Wildman–Crippen LogP) is 2.53. The summed E-state index contributed by atoms with van der Waals surface area (Å²) in [6, 6.07) is 5.54. The predicted molar refractivity (Wildman–Crippen MR) is 103 cm³/mol. The molecule has 0 amide bonds. The van der Waals surface area contributed by atoms with E-state index in [0.29, 0.717) is 29.0 Å². The van der Waals surface area contributed by atoms with E-state index in [1.165, 1.54) is 0 Å². The van der Waals surface area contributed by atoms with Crippen LogP contribution in [0.2, 0.25) is 0 Å². The molecule has 8 nitrogen and oxygen atoms in total. The summed E-state index contributed by atoms with van der Waals surface area (Å²) >= 11 is 0. The largest absolute Gasteiger partial charge is 0.493 e. The van der Waals surface area contributed by atoms with Gasteiger partial charge in [0.05, 0.1) is 21.3 Å². The summed E-state index contributed by atoms with van der Waals surface area (Å²) in [5.74, 6) is 2.96. The van der Waals surface area contributed by atoms with Gasteiger partial charge in [-0.1, -0.05) is 0 Å². The smallest absolute Gasteiger partial charge is 0.224 e. The van der Waals surface area contributed by atoms with E-state index in [-0.39, 0.29) is 0 Å². The highest BCUT2D eigenvalue weighted by Gasteiger charge is 2.14. The Hall–Kier alpha value is -2.74. The molecule has 0 bridgehead atoms. The van der Waals surface area contributed by atoms with Crippen molar-refractivity contribution in [3.63, 3.8) is 0 Å². The lowest BCUT2D eigenvalue weighted by molar-refractivity contribution is 0.324. The highest BCUT2D eigenvalue weighted by atomic mass is 16.5. The minimum absolute atomic E-state index is 0.547. The molecule has 0 aliphatic rings. The van der Waals surface area contributed by atoms with E-state index in [1.54, 1.807) is 21.3 Å². The van der Waals surface area contributed by atoms with Gasteiger partial charge in [0.2, 0.25) is 11.7 Å². The van der Waals surface area contributed by atoms with E-state index in [2.05, 4.69) is 25.5 Å². The van der Waals surface area contributed by atoms with Gasteiger partial charge in [-0.05, 0) is 21.0 Å². The lowest BCUT2D eigenvalue weighted by Crippen LogP contribution is -2.21. The number of nitrogens with one attached hydrogen (secondary N) is 2. The SMILES string of the molecule is COc1cc(Nc2cc(C)nc(NCCN(C)C)n2)cc(OC)c1OC. The molecule has 0 fully saturated rings. The summed E-state index contributed by atoms with van der Waals surface area (Å²) in [7, 11) is 8.80. The number of methoxy groups -OCH3 is 3. The van der Waals surface area contributed by atoms with Crippen LogP contribution < -0.4 is 24.8 Å². The second-order valence-corrected chi connectivity index (χ2v) is 5.99. The fourth-order valence-corrected chi connectivity index (χ4v) is 2.40. The molecule has 26 heavy (non-hydrogen) atoms. The Morgan fingerprint density at radius 2 is 1.62 bits per heavy atom. The number of anilines is 3. The van der Waals surface area contributed by atoms with Crippen LogP contribution in [0, 0.1) is 6.92 Å². The molecule has 0 spiro atoms. The molecule has 0 aliphatic heterocycles. The molecule has 1 heterocycles. The van der Waals surface area contributed by atoms with Crippen molar-refractivity contribution in [2.24, 2.45) is 0 Å². The van der Waals surface area contributed by atoms with Crippen LogP contribution in [0.1, 0.15) is 5.69 Å². The van der Waals surface area contributed by atoms with Crippen LogP contribution >= 0.6 is 0 Å². The first-order chi connectivity index (χ1) is 12.5. The summed E-state index contributed by atoms with van der Waals surface area (Å²) in [6.45, 7) is 3.59. The topological polar surface area (TPSA) is 80.8 Å². The van der Waals surface area contributed by atoms with E-state index < -0.39 is 0 Å². The minimum Gasteiger partial charge on any atom is -0.493 e. The summed E-state index contributed by atoms with van der Waals surface area (Å²) in [5, 5.41) is 6.50. The maximum atomic E-state index is 5.39. The number of aromatic nitrogens is 2. The third-order valence-electron chi connectivity index (χ3n) is 3.63. The zero-order valence-electron chi connectivity index (χ0n) is 16.2. The average molecular weight is 361 g/mol. The molecule has 0 radical (unpaired) electrons. The van der Waals surface area contributed by atoms with Crippen LogP contribution in [0.4, 0.5) is 17.5 Å². The van der Waals surface area contributed by atoms with Crippen molar-refractivity contribution in [3.8, 4) is 17.2 Å². The first kappa shape index (κ1) is 19.6. The van der Waals surface area contributed by atoms with E-state index in [9.17, 15) is 0 Å². The zero-order valence-corrected chi connectivity index (χ0v) is 16.2. The minimum atomic E-state index is 0.547. The molecule has 2 N–H and O–H groups in total. The van der Waals surface area contributed by atoms with Crippen molar-refractivity contribution in [1.82, 2.24) is 14.9 Å². The fraction of sp³-hybridized carbons (Fsp3) is 0.444. The zero-order chi connectivity index (χ0) is 19.1. The Morgan fingerprint density at radius 3 is 2.15 bits per heavy atom. The number of hydrogen-bond acceptors (Lipinski definition) is 8. The van der Waals surface area contributed by atoms with Gasteiger partial charge in [-0.3, -0.25) is 0 Å². The van der Waals surface area contributed by atoms with Gasteiger partial charge in [0.25, 0.3) is 0 Å². The van der Waals surface area contributed by atoms with Crippen molar-refractivity contribution in [2.75, 3.05) is 59.1 Å². The second kappa shape index (κ2) is 9.10. The number of aryl methyl sites for hydroxylation is 1. The van der Waals surface area contributed by atoms with Gasteiger partial charge >= 0.3 is 0 Å². The van der Waals surface area contributed by atoms with E-state index in [1.807, 2.05) is 39.2 Å². The normalized spacial score (nSPS) is 10.6. The lowest BCUT2D eigenvalue weighted by Gasteiger charge is -2.15. The molecule has 0 unspecified atom stereocenters. The second-order valence-electron chi connectivity index (χ2n) is 5.99. The van der Waals surface area contributed by atoms with Crippen molar-refractivity contribution < 1.29 is 14.2 Å². The summed E-state index contributed by atoms with van der Waals surface area (Å²) < 4.78 is 16.1. The molecular weight excluding hydrogens is 334 g/mol. The maximum absolute atomic E-state index is 5.39. The van der Waals surface area contributed by atoms with Crippen LogP contribution in [0.15, 0.2) is 18.2 Å². The lowest BCUT2D eigenvalue weighted by atomic mass is 10.2. The molecule has 0 saturated carbocycles. The van der Waals surface area contributed by atoms with Crippen LogP contribution in [0.5, 0.6) is 17.2 Å². The molecule has 0 saturated heterocycles. The maximum Gasteiger partial charge on any atom is 0.224 e. The molecule has 1 aromatic carbocycles. The van der Waals surface area contributed by atoms with Crippen molar-refractivity contribution in [3.05, 3.63) is 23.9 Å². The Balaban J connectivity index is 2.23. The molecule has 0 atom stereocenters. The van der Waals surface area contributed by atoms with Crippen LogP contribution in [0.25, 0.3) is 0 Å². The van der Waals surface area contributed by atoms with E-state index in [0.717, 1.165) is 24.5 Å². The highest BCUT2D eigenvalue weighted by Crippen LogP contribution is 2.40. The van der Waals surface area contributed by atoms with Gasteiger partial charge in [-0.2, -0.15) is 4.98 Å². The molecular formula is C18H27N5O3. The Labute approximate surface area is 154 Å². The Bertz CT molecular complexity index is 712. The Morgan fingerprint density at radius 1 is 0.962 bits per heavy atom. The number of nitrogens with zero attached hydrogens (tertiary/aromatic N) is 3. The van der Waals surface area contributed by atoms with Gasteiger partial charge in [0.1, 0.15) is 5.82 Å². The van der Waals surface area contributed by atoms with Crippen molar-refractivity contribution >= 4 is 17.5 Å². The number of hydrogen-bond donors (Lipinski definition) is 2. The van der Waals surface area contributed by atoms with Gasteiger partial charge in [0.15, 0.2) is 11.5 Å². The van der Waals surface area contributed by atoms with Gasteiger partial charge in [-0.15, -0.1) is 0 Å². The van der Waals surface area contributed by atoms with Crippen LogP contribution in [-0.4, -0.2) is 63.4 Å². The number of rotatable bonds is 9. The van der Waals surface area contributed by atoms with Crippen LogP contribution in [-0.2, 0) is 0 Å². The number of ether oxygens (including phenoxy) is 3. The van der Waals surface area contributed by atoms with Crippen molar-refractivity contribution in [1.29, 1.82) is 0 Å². The summed E-state index contributed by atoms with van der Waals surface area (Å²) in [6.07, 6.45) is 0. The first-order valence-corrected chi connectivity index (χ1v) is 8.28. The van der Waals surface area contributed by atoms with Gasteiger partial charge in [0, 0.05) is 42.7 Å².